The Balaban J connectivity index is 1.52. The first-order valence-corrected chi connectivity index (χ1v) is 13.0. The molecule has 0 heterocycles. The molecule has 3 heteroatoms. The molecule has 0 unspecified atom stereocenters. The Bertz CT molecular complexity index is 864. The molecule has 0 radical (unpaired) electrons. The molecule has 0 spiro atoms. The van der Waals surface area contributed by atoms with Gasteiger partial charge in [-0.1, -0.05) is 83.1 Å². The van der Waals surface area contributed by atoms with Crippen LogP contribution in [0.25, 0.3) is 11.1 Å². The van der Waals surface area contributed by atoms with E-state index in [-0.39, 0.29) is 11.3 Å². The fraction of sp³-hybridized carbons (Fsp3) is 0.533. The van der Waals surface area contributed by atoms with Crippen molar-refractivity contribution in [3.05, 3.63) is 65.9 Å². The van der Waals surface area contributed by atoms with Crippen molar-refractivity contribution in [2.45, 2.75) is 96.8 Å². The van der Waals surface area contributed by atoms with Crippen LogP contribution in [0.1, 0.15) is 102 Å². The number of hydrogen-bond acceptors (Lipinski definition) is 1. The third kappa shape index (κ3) is 7.42. The lowest BCUT2D eigenvalue weighted by Crippen LogP contribution is -2.13. The second kappa shape index (κ2) is 13.5. The van der Waals surface area contributed by atoms with Crippen molar-refractivity contribution in [3.8, 4) is 16.9 Å². The molecule has 1 fully saturated rings. The highest BCUT2D eigenvalue weighted by atomic mass is 19.2. The fourth-order valence-corrected chi connectivity index (χ4v) is 5.00. The first-order valence-electron chi connectivity index (χ1n) is 13.0. The number of benzene rings is 2. The summed E-state index contributed by atoms with van der Waals surface area (Å²) in [7, 11) is 0. The minimum Gasteiger partial charge on any atom is -0.462 e. The van der Waals surface area contributed by atoms with Crippen LogP contribution in [0.2, 0.25) is 0 Å². The van der Waals surface area contributed by atoms with Crippen molar-refractivity contribution in [1.82, 2.24) is 0 Å². The third-order valence-corrected chi connectivity index (χ3v) is 7.08. The van der Waals surface area contributed by atoms with Gasteiger partial charge in [0.05, 0.1) is 6.26 Å². The van der Waals surface area contributed by atoms with Crippen molar-refractivity contribution < 1.29 is 13.5 Å². The second-order valence-electron chi connectivity index (χ2n) is 9.53. The maximum atomic E-state index is 14.7. The van der Waals surface area contributed by atoms with Gasteiger partial charge in [-0.2, -0.15) is 4.39 Å². The van der Waals surface area contributed by atoms with Gasteiger partial charge in [-0.15, -0.1) is 0 Å². The Morgan fingerprint density at radius 2 is 1.52 bits per heavy atom. The normalized spacial score (nSPS) is 18.7. The molecule has 0 atom stereocenters. The average molecular weight is 455 g/mol. The lowest BCUT2D eigenvalue weighted by atomic mass is 9.77. The van der Waals surface area contributed by atoms with Crippen molar-refractivity contribution in [1.29, 1.82) is 0 Å². The van der Waals surface area contributed by atoms with Gasteiger partial charge in [-0.05, 0) is 73.3 Å². The van der Waals surface area contributed by atoms with E-state index in [1.54, 1.807) is 12.1 Å². The monoisotopic (exact) mass is 454 g/mol. The molecule has 0 aromatic heterocycles. The van der Waals surface area contributed by atoms with E-state index in [0.717, 1.165) is 12.3 Å². The first kappa shape index (κ1) is 25.5. The molecule has 1 aliphatic rings. The molecule has 0 N–H and O–H groups in total. The summed E-state index contributed by atoms with van der Waals surface area (Å²) in [5.41, 5.74) is 2.29. The van der Waals surface area contributed by atoms with Gasteiger partial charge < -0.3 is 4.74 Å². The van der Waals surface area contributed by atoms with Gasteiger partial charge in [-0.25, -0.2) is 4.39 Å². The highest BCUT2D eigenvalue weighted by Gasteiger charge is 2.22. The van der Waals surface area contributed by atoms with Crippen LogP contribution in [0.3, 0.4) is 0 Å². The molecule has 2 aromatic carbocycles. The standard InChI is InChI=1S/C30H40F2O/c1-3-5-7-8-9-10-11-23-12-14-24(15-13-23)25-16-18-26(19-17-25)27-20-21-28(30(32)29(27)31)33-22-6-4-2/h6,16-24H,3-5,7-15H2,1-2H3/b22-6-. The van der Waals surface area contributed by atoms with E-state index in [2.05, 4.69) is 19.1 Å². The van der Waals surface area contributed by atoms with E-state index in [1.165, 1.54) is 88.5 Å². The van der Waals surface area contributed by atoms with Crippen LogP contribution in [-0.2, 0) is 0 Å². The van der Waals surface area contributed by atoms with E-state index in [9.17, 15) is 8.78 Å². The van der Waals surface area contributed by atoms with Crippen molar-refractivity contribution in [2.75, 3.05) is 0 Å². The molecule has 0 bridgehead atoms. The summed E-state index contributed by atoms with van der Waals surface area (Å²) in [6.45, 7) is 4.22. The molecule has 2 aromatic rings. The van der Waals surface area contributed by atoms with Gasteiger partial charge in [0.1, 0.15) is 0 Å². The van der Waals surface area contributed by atoms with E-state index < -0.39 is 11.6 Å². The van der Waals surface area contributed by atoms with Crippen molar-refractivity contribution >= 4 is 0 Å². The van der Waals surface area contributed by atoms with Crippen LogP contribution in [0.4, 0.5) is 8.78 Å². The SMILES string of the molecule is CC/C=C\Oc1ccc(-c2ccc(C3CCC(CCCCCCCC)CC3)cc2)c(F)c1F. The average Bonchev–Trinajstić information content (AvgIpc) is 2.85. The summed E-state index contributed by atoms with van der Waals surface area (Å²) in [5, 5.41) is 0. The number of rotatable bonds is 12. The molecule has 0 saturated heterocycles. The zero-order valence-corrected chi connectivity index (χ0v) is 20.4. The summed E-state index contributed by atoms with van der Waals surface area (Å²) in [4.78, 5) is 0. The minimum atomic E-state index is -0.944. The molecule has 180 valence electrons. The summed E-state index contributed by atoms with van der Waals surface area (Å²) in [6.07, 6.45) is 18.7. The van der Waals surface area contributed by atoms with Gasteiger partial charge in [0.25, 0.3) is 0 Å². The van der Waals surface area contributed by atoms with Crippen LogP contribution in [0.5, 0.6) is 5.75 Å². The number of allylic oxidation sites excluding steroid dienone is 1. The van der Waals surface area contributed by atoms with Gasteiger partial charge in [0.2, 0.25) is 5.82 Å². The van der Waals surface area contributed by atoms with Crippen LogP contribution >= 0.6 is 0 Å². The zero-order chi connectivity index (χ0) is 23.5. The lowest BCUT2D eigenvalue weighted by Gasteiger charge is -2.29. The summed E-state index contributed by atoms with van der Waals surface area (Å²) >= 11 is 0. The van der Waals surface area contributed by atoms with E-state index in [4.69, 9.17) is 4.74 Å². The fourth-order valence-electron chi connectivity index (χ4n) is 5.00. The van der Waals surface area contributed by atoms with Crippen LogP contribution in [0.15, 0.2) is 48.7 Å². The molecule has 1 aliphatic carbocycles. The third-order valence-electron chi connectivity index (χ3n) is 7.08. The maximum absolute atomic E-state index is 14.7. The number of ether oxygens (including phenoxy) is 1. The van der Waals surface area contributed by atoms with E-state index >= 15 is 0 Å². The van der Waals surface area contributed by atoms with Crippen molar-refractivity contribution in [3.63, 3.8) is 0 Å². The number of halogens is 2. The molecule has 33 heavy (non-hydrogen) atoms. The van der Waals surface area contributed by atoms with Gasteiger partial charge >= 0.3 is 0 Å². The molecular weight excluding hydrogens is 414 g/mol. The van der Waals surface area contributed by atoms with E-state index in [0.29, 0.717) is 11.5 Å². The summed E-state index contributed by atoms with van der Waals surface area (Å²) in [5.74, 6) is -0.420. The molecule has 1 nitrogen and oxygen atoms in total. The van der Waals surface area contributed by atoms with Gasteiger partial charge in [0, 0.05) is 5.56 Å². The summed E-state index contributed by atoms with van der Waals surface area (Å²) in [6, 6.07) is 11.1. The predicted molar refractivity (Wildman–Crippen MR) is 135 cm³/mol. The van der Waals surface area contributed by atoms with Gasteiger partial charge in [-0.3, -0.25) is 0 Å². The maximum Gasteiger partial charge on any atom is 0.201 e. The Kier molecular flexibility index (Phi) is 10.4. The first-order chi connectivity index (χ1) is 16.1. The van der Waals surface area contributed by atoms with Crippen LogP contribution in [-0.4, -0.2) is 0 Å². The van der Waals surface area contributed by atoms with Crippen LogP contribution < -0.4 is 4.74 Å². The van der Waals surface area contributed by atoms with E-state index in [1.807, 2.05) is 19.1 Å². The molecule has 1 saturated carbocycles. The lowest BCUT2D eigenvalue weighted by molar-refractivity contribution is 0.302. The zero-order valence-electron chi connectivity index (χ0n) is 20.4. The van der Waals surface area contributed by atoms with Crippen molar-refractivity contribution in [2.24, 2.45) is 5.92 Å². The molecular formula is C30H40F2O. The Morgan fingerprint density at radius 1 is 0.818 bits per heavy atom. The molecule has 3 rings (SSSR count). The smallest absolute Gasteiger partial charge is 0.201 e. The predicted octanol–water partition coefficient (Wildman–Crippen LogP) is 9.96. The molecule has 0 aliphatic heterocycles. The number of hydrogen-bond donors (Lipinski definition) is 0. The Labute approximate surface area is 199 Å². The Hall–Kier alpha value is -2.16. The van der Waals surface area contributed by atoms with Crippen LogP contribution in [0, 0.1) is 17.6 Å². The topological polar surface area (TPSA) is 9.23 Å². The quantitative estimate of drug-likeness (QED) is 0.229. The largest absolute Gasteiger partial charge is 0.462 e. The highest BCUT2D eigenvalue weighted by molar-refractivity contribution is 5.65. The molecule has 0 amide bonds. The number of unbranched alkanes of at least 4 members (excludes halogenated alkanes) is 5. The van der Waals surface area contributed by atoms with Gasteiger partial charge in [0.15, 0.2) is 11.6 Å². The highest BCUT2D eigenvalue weighted by Crippen LogP contribution is 2.39. The Morgan fingerprint density at radius 3 is 2.21 bits per heavy atom. The minimum absolute atomic E-state index is 0.0877. The summed E-state index contributed by atoms with van der Waals surface area (Å²) < 4.78 is 34.3. The second-order valence-corrected chi connectivity index (χ2v) is 9.53.